The average molecular weight is 895 g/mol. The van der Waals surface area contributed by atoms with Crippen LogP contribution in [0.15, 0.2) is 48.6 Å². The molecule has 1 unspecified atom stereocenters. The first-order valence-corrected chi connectivity index (χ1v) is 25.4. The van der Waals surface area contributed by atoms with E-state index in [-0.39, 0.29) is 18.9 Å². The van der Waals surface area contributed by atoms with Crippen LogP contribution in [0, 0.1) is 0 Å². The SMILES string of the molecule is CCCCCCCCCCCCCCCCCC(=O)O[C@H](COC(=O)CCC/C=C\C/C=C\C/C=C\C/C=C\CCC[C@@H](C)O)COP(=O)(O)OC[C@@H](O)COP(=O)(O)O. The van der Waals surface area contributed by atoms with E-state index in [1.807, 2.05) is 12.2 Å². The lowest BCUT2D eigenvalue weighted by atomic mass is 10.0. The molecule has 0 aliphatic rings. The quantitative estimate of drug-likeness (QED) is 0.0167. The van der Waals surface area contributed by atoms with Gasteiger partial charge < -0.3 is 34.4 Å². The van der Waals surface area contributed by atoms with Gasteiger partial charge in [0.2, 0.25) is 0 Å². The number of carbonyl (C=O) groups is 2. The summed E-state index contributed by atoms with van der Waals surface area (Å²) < 4.78 is 47.7. The number of aliphatic hydroxyl groups is 2. The van der Waals surface area contributed by atoms with Crippen LogP contribution in [-0.2, 0) is 41.8 Å². The third kappa shape index (κ3) is 44.1. The number of carbonyl (C=O) groups excluding carboxylic acids is 2. The fourth-order valence-corrected chi connectivity index (χ4v) is 6.99. The van der Waals surface area contributed by atoms with Crippen LogP contribution >= 0.6 is 15.6 Å². The predicted octanol–water partition coefficient (Wildman–Crippen LogP) is 10.4. The zero-order valence-electron chi connectivity index (χ0n) is 36.7. The molecule has 0 bridgehead atoms. The van der Waals surface area contributed by atoms with Crippen molar-refractivity contribution in [3.8, 4) is 0 Å². The highest BCUT2D eigenvalue weighted by Gasteiger charge is 2.28. The van der Waals surface area contributed by atoms with Gasteiger partial charge in [0.25, 0.3) is 0 Å². The molecule has 0 saturated carbocycles. The molecule has 0 aliphatic carbocycles. The number of hydrogen-bond donors (Lipinski definition) is 5. The number of phosphoric acid groups is 2. The molecule has 0 heterocycles. The molecule has 0 spiro atoms. The van der Waals surface area contributed by atoms with E-state index in [9.17, 15) is 33.8 Å². The Labute approximate surface area is 361 Å². The van der Waals surface area contributed by atoms with E-state index in [2.05, 4.69) is 52.4 Å². The third-order valence-corrected chi connectivity index (χ3v) is 10.7. The number of rotatable bonds is 42. The van der Waals surface area contributed by atoms with Crippen molar-refractivity contribution in [1.82, 2.24) is 0 Å². The van der Waals surface area contributed by atoms with Gasteiger partial charge in [0.1, 0.15) is 12.7 Å². The van der Waals surface area contributed by atoms with E-state index < -0.39 is 66.2 Å². The van der Waals surface area contributed by atoms with Crippen LogP contribution in [0.1, 0.15) is 174 Å². The first-order chi connectivity index (χ1) is 28.7. The summed E-state index contributed by atoms with van der Waals surface area (Å²) in [7, 11) is -9.70. The predicted molar refractivity (Wildman–Crippen MR) is 236 cm³/mol. The molecule has 350 valence electrons. The zero-order valence-corrected chi connectivity index (χ0v) is 38.5. The molecule has 14 nitrogen and oxygen atoms in total. The minimum atomic E-state index is -4.87. The number of esters is 2. The van der Waals surface area contributed by atoms with Crippen molar-refractivity contribution in [3.63, 3.8) is 0 Å². The largest absolute Gasteiger partial charge is 0.472 e. The van der Waals surface area contributed by atoms with Crippen LogP contribution in [-0.4, -0.2) is 81.6 Å². The highest BCUT2D eigenvalue weighted by Crippen LogP contribution is 2.43. The molecule has 5 N–H and O–H groups in total. The molecule has 0 fully saturated rings. The molecule has 16 heteroatoms. The Hall–Kier alpha value is -1.96. The highest BCUT2D eigenvalue weighted by atomic mass is 31.2. The summed E-state index contributed by atoms with van der Waals surface area (Å²) in [6, 6.07) is 0. The normalized spacial score (nSPS) is 15.0. The van der Waals surface area contributed by atoms with Gasteiger partial charge in [-0.3, -0.25) is 23.2 Å². The summed E-state index contributed by atoms with van der Waals surface area (Å²) in [5, 5.41) is 19.0. The lowest BCUT2D eigenvalue weighted by Crippen LogP contribution is -2.30. The van der Waals surface area contributed by atoms with Crippen LogP contribution in [0.5, 0.6) is 0 Å². The zero-order chi connectivity index (χ0) is 44.6. The Kier molecular flexibility index (Phi) is 38.6. The average Bonchev–Trinajstić information content (AvgIpc) is 3.19. The van der Waals surface area contributed by atoms with E-state index in [0.29, 0.717) is 19.3 Å². The Morgan fingerprint density at radius 1 is 0.533 bits per heavy atom. The van der Waals surface area contributed by atoms with Gasteiger partial charge in [-0.05, 0) is 64.7 Å². The molecule has 0 saturated heterocycles. The van der Waals surface area contributed by atoms with E-state index in [0.717, 1.165) is 57.8 Å². The minimum Gasteiger partial charge on any atom is -0.462 e. The summed E-state index contributed by atoms with van der Waals surface area (Å²) >= 11 is 0. The van der Waals surface area contributed by atoms with Crippen molar-refractivity contribution >= 4 is 27.6 Å². The molecule has 0 aromatic heterocycles. The van der Waals surface area contributed by atoms with Gasteiger partial charge in [0.05, 0.1) is 25.9 Å². The summed E-state index contributed by atoms with van der Waals surface area (Å²) in [5.41, 5.74) is 0. The molecule has 0 rings (SSSR count). The van der Waals surface area contributed by atoms with Crippen molar-refractivity contribution in [2.24, 2.45) is 0 Å². The molecule has 0 amide bonds. The summed E-state index contributed by atoms with van der Waals surface area (Å²) in [6.07, 6.45) is 38.1. The van der Waals surface area contributed by atoms with Gasteiger partial charge in [0, 0.05) is 12.8 Å². The van der Waals surface area contributed by atoms with Crippen LogP contribution in [0.2, 0.25) is 0 Å². The Balaban J connectivity index is 4.58. The van der Waals surface area contributed by atoms with Crippen molar-refractivity contribution in [3.05, 3.63) is 48.6 Å². The molecule has 0 aromatic rings. The molecule has 0 aromatic carbocycles. The molecular formula is C44H80O14P2. The Bertz CT molecular complexity index is 1260. The third-order valence-electron chi connectivity index (χ3n) is 9.23. The van der Waals surface area contributed by atoms with E-state index in [1.54, 1.807) is 6.92 Å². The maximum Gasteiger partial charge on any atom is 0.472 e. The van der Waals surface area contributed by atoms with Crippen LogP contribution in [0.4, 0.5) is 0 Å². The topological polar surface area (TPSA) is 216 Å². The standard InChI is InChI=1S/C44H80O14P2/c1-3-4-5-6-7-8-9-10-12-17-20-23-26-29-32-35-44(48)58-42(39-57-60(52,53)56-37-41(46)36-55-59(49,50)51)38-54-43(47)34-31-28-25-22-19-16-14-11-13-15-18-21-24-27-30-33-40(2)45/h13-16,21-22,24-25,40-42,45-46H,3-12,17-20,23,26-39H2,1-2H3,(H,52,53)(H2,49,50,51)/b15-13-,16-14-,24-21-,25-22-/t40-,41+,42-/m1/s1. The maximum atomic E-state index is 12.7. The van der Waals surface area contributed by atoms with Gasteiger partial charge >= 0.3 is 27.6 Å². The first kappa shape index (κ1) is 58.0. The number of hydrogen-bond acceptors (Lipinski definition) is 11. The smallest absolute Gasteiger partial charge is 0.462 e. The number of phosphoric ester groups is 2. The van der Waals surface area contributed by atoms with Gasteiger partial charge in [0.15, 0.2) is 6.10 Å². The van der Waals surface area contributed by atoms with Gasteiger partial charge in [-0.2, -0.15) is 0 Å². The molecular weight excluding hydrogens is 814 g/mol. The second-order valence-corrected chi connectivity index (χ2v) is 18.0. The first-order valence-electron chi connectivity index (χ1n) is 22.4. The second-order valence-electron chi connectivity index (χ2n) is 15.3. The van der Waals surface area contributed by atoms with Crippen molar-refractivity contribution in [2.45, 2.75) is 193 Å². The highest BCUT2D eigenvalue weighted by molar-refractivity contribution is 7.47. The second kappa shape index (κ2) is 39.9. The maximum absolute atomic E-state index is 12.7. The molecule has 0 radical (unpaired) electrons. The minimum absolute atomic E-state index is 0.108. The fraction of sp³-hybridized carbons (Fsp3) is 0.773. The fourth-order valence-electron chi connectivity index (χ4n) is 5.83. The number of ether oxygens (including phenoxy) is 2. The Morgan fingerprint density at radius 3 is 1.47 bits per heavy atom. The van der Waals surface area contributed by atoms with Crippen LogP contribution in [0.3, 0.4) is 0 Å². The molecule has 60 heavy (non-hydrogen) atoms. The lowest BCUT2D eigenvalue weighted by Gasteiger charge is -2.20. The van der Waals surface area contributed by atoms with E-state index in [1.165, 1.54) is 70.6 Å². The number of aliphatic hydroxyl groups excluding tert-OH is 2. The van der Waals surface area contributed by atoms with Crippen LogP contribution in [0.25, 0.3) is 0 Å². The van der Waals surface area contributed by atoms with E-state index in [4.69, 9.17) is 23.8 Å². The van der Waals surface area contributed by atoms with Crippen LogP contribution < -0.4 is 0 Å². The Morgan fingerprint density at radius 2 is 0.967 bits per heavy atom. The summed E-state index contributed by atoms with van der Waals surface area (Å²) in [4.78, 5) is 52.7. The van der Waals surface area contributed by atoms with Gasteiger partial charge in [-0.15, -0.1) is 0 Å². The molecule has 4 atom stereocenters. The van der Waals surface area contributed by atoms with Gasteiger partial charge in [-0.1, -0.05) is 145 Å². The lowest BCUT2D eigenvalue weighted by molar-refractivity contribution is -0.161. The monoisotopic (exact) mass is 895 g/mol. The van der Waals surface area contributed by atoms with Crippen molar-refractivity contribution < 1.29 is 66.7 Å². The summed E-state index contributed by atoms with van der Waals surface area (Å²) in [6.45, 7) is 1.25. The number of allylic oxidation sites excluding steroid dienone is 8. The van der Waals surface area contributed by atoms with Gasteiger partial charge in [-0.25, -0.2) is 9.13 Å². The van der Waals surface area contributed by atoms with E-state index >= 15 is 0 Å². The van der Waals surface area contributed by atoms with Crippen molar-refractivity contribution in [1.29, 1.82) is 0 Å². The van der Waals surface area contributed by atoms with Crippen molar-refractivity contribution in [2.75, 3.05) is 26.4 Å². The number of unbranched alkanes of at least 4 members (excludes halogenated alkanes) is 16. The molecule has 0 aliphatic heterocycles. The summed E-state index contributed by atoms with van der Waals surface area (Å²) in [5.74, 6) is -1.11.